The van der Waals surface area contributed by atoms with Crippen molar-refractivity contribution in [3.05, 3.63) is 0 Å². The molecule has 1 N–H and O–H groups in total. The molecule has 2 unspecified atom stereocenters. The van der Waals surface area contributed by atoms with Crippen molar-refractivity contribution in [3.8, 4) is 0 Å². The van der Waals surface area contributed by atoms with Crippen LogP contribution in [0.3, 0.4) is 0 Å². The average molecular weight is 252 g/mol. The summed E-state index contributed by atoms with van der Waals surface area (Å²) >= 11 is 0. The van der Waals surface area contributed by atoms with E-state index in [-0.39, 0.29) is 29.8 Å². The Kier molecular flexibility index (Phi) is 3.64. The van der Waals surface area contributed by atoms with Crippen LogP contribution in [0.1, 0.15) is 40.5 Å². The first kappa shape index (κ1) is 13.4. The summed E-state index contributed by atoms with van der Waals surface area (Å²) in [6.07, 6.45) is 2.15. The smallest absolute Gasteiger partial charge is 0.246 e. The van der Waals surface area contributed by atoms with Crippen LogP contribution in [0, 0.1) is 17.8 Å². The number of amides is 2. The summed E-state index contributed by atoms with van der Waals surface area (Å²) in [6, 6.07) is -0.554. The molecule has 18 heavy (non-hydrogen) atoms. The molecular formula is C14H24N2O2. The van der Waals surface area contributed by atoms with Crippen LogP contribution in [-0.2, 0) is 9.59 Å². The standard InChI is InChI=1S/C14H24N2O2/c1-8(2)7-16-12(10-5-6-10)13(17)15-11(9(3)4)14(16)18/h8-12H,5-7H2,1-4H3,(H,15,17). The fourth-order valence-corrected chi connectivity index (χ4v) is 2.69. The van der Waals surface area contributed by atoms with E-state index in [1.807, 2.05) is 18.7 Å². The van der Waals surface area contributed by atoms with E-state index in [1.54, 1.807) is 0 Å². The van der Waals surface area contributed by atoms with Gasteiger partial charge in [0, 0.05) is 6.54 Å². The number of nitrogens with one attached hydrogen (secondary N) is 1. The van der Waals surface area contributed by atoms with E-state index >= 15 is 0 Å². The highest BCUT2D eigenvalue weighted by Crippen LogP contribution is 2.37. The third-order valence-corrected chi connectivity index (χ3v) is 3.75. The summed E-state index contributed by atoms with van der Waals surface area (Å²) in [5.74, 6) is 1.10. The monoisotopic (exact) mass is 252 g/mol. The zero-order valence-electron chi connectivity index (χ0n) is 11.8. The van der Waals surface area contributed by atoms with Gasteiger partial charge in [0.1, 0.15) is 12.1 Å². The van der Waals surface area contributed by atoms with Crippen molar-refractivity contribution in [2.45, 2.75) is 52.6 Å². The van der Waals surface area contributed by atoms with Gasteiger partial charge in [-0.15, -0.1) is 0 Å². The van der Waals surface area contributed by atoms with Crippen LogP contribution in [0.4, 0.5) is 0 Å². The molecule has 1 saturated heterocycles. The first-order chi connectivity index (χ1) is 8.41. The van der Waals surface area contributed by atoms with Crippen molar-refractivity contribution in [2.24, 2.45) is 17.8 Å². The number of hydrogen-bond acceptors (Lipinski definition) is 2. The van der Waals surface area contributed by atoms with E-state index in [4.69, 9.17) is 0 Å². The van der Waals surface area contributed by atoms with Gasteiger partial charge < -0.3 is 10.2 Å². The molecule has 0 aromatic carbocycles. The molecule has 0 radical (unpaired) electrons. The third-order valence-electron chi connectivity index (χ3n) is 3.75. The Morgan fingerprint density at radius 1 is 1.22 bits per heavy atom. The summed E-state index contributed by atoms with van der Waals surface area (Å²) < 4.78 is 0. The van der Waals surface area contributed by atoms with E-state index in [0.29, 0.717) is 18.4 Å². The number of rotatable bonds is 4. The lowest BCUT2D eigenvalue weighted by Gasteiger charge is -2.41. The summed E-state index contributed by atoms with van der Waals surface area (Å²) in [5.41, 5.74) is 0. The molecule has 102 valence electrons. The Labute approximate surface area is 109 Å². The van der Waals surface area contributed by atoms with Gasteiger partial charge >= 0.3 is 0 Å². The number of piperazine rings is 1. The van der Waals surface area contributed by atoms with Crippen LogP contribution in [-0.4, -0.2) is 35.3 Å². The van der Waals surface area contributed by atoms with Crippen LogP contribution in [0.5, 0.6) is 0 Å². The van der Waals surface area contributed by atoms with Crippen LogP contribution in [0.25, 0.3) is 0 Å². The van der Waals surface area contributed by atoms with Gasteiger partial charge in [-0.3, -0.25) is 9.59 Å². The highest BCUT2D eigenvalue weighted by Gasteiger charge is 2.48. The number of nitrogens with zero attached hydrogens (tertiary/aromatic N) is 1. The maximum absolute atomic E-state index is 12.5. The molecule has 2 amide bonds. The largest absolute Gasteiger partial charge is 0.342 e. The molecule has 0 spiro atoms. The lowest BCUT2D eigenvalue weighted by atomic mass is 9.95. The molecule has 4 heteroatoms. The maximum atomic E-state index is 12.5. The predicted molar refractivity (Wildman–Crippen MR) is 69.8 cm³/mol. The maximum Gasteiger partial charge on any atom is 0.246 e. The molecule has 0 bridgehead atoms. The molecule has 4 nitrogen and oxygen atoms in total. The minimum absolute atomic E-state index is 0.0523. The Hall–Kier alpha value is -1.06. The second kappa shape index (κ2) is 4.90. The van der Waals surface area contributed by atoms with Crippen LogP contribution in [0.2, 0.25) is 0 Å². The lowest BCUT2D eigenvalue weighted by Crippen LogP contribution is -2.65. The molecule has 1 aliphatic heterocycles. The quantitative estimate of drug-likeness (QED) is 0.822. The Bertz CT molecular complexity index is 348. The van der Waals surface area contributed by atoms with E-state index in [2.05, 4.69) is 19.2 Å². The summed E-state index contributed by atoms with van der Waals surface area (Å²) in [7, 11) is 0. The average Bonchev–Trinajstić information content (AvgIpc) is 3.06. The van der Waals surface area contributed by atoms with Gasteiger partial charge in [0.2, 0.25) is 11.8 Å². The van der Waals surface area contributed by atoms with Crippen molar-refractivity contribution >= 4 is 11.8 Å². The summed E-state index contributed by atoms with van der Waals surface area (Å²) in [6.45, 7) is 8.83. The summed E-state index contributed by atoms with van der Waals surface area (Å²) in [5, 5.41) is 2.91. The molecule has 0 aromatic rings. The highest BCUT2D eigenvalue weighted by molar-refractivity contribution is 5.97. The second-order valence-electron chi connectivity index (χ2n) is 6.40. The Morgan fingerprint density at radius 2 is 1.83 bits per heavy atom. The molecule has 2 atom stereocenters. The summed E-state index contributed by atoms with van der Waals surface area (Å²) in [4.78, 5) is 26.6. The van der Waals surface area contributed by atoms with Crippen LogP contribution >= 0.6 is 0 Å². The van der Waals surface area contributed by atoms with Crippen molar-refractivity contribution < 1.29 is 9.59 Å². The van der Waals surface area contributed by atoms with Gasteiger partial charge in [0.25, 0.3) is 0 Å². The third kappa shape index (κ3) is 2.52. The molecule has 1 aliphatic carbocycles. The zero-order chi connectivity index (χ0) is 13.4. The van der Waals surface area contributed by atoms with Gasteiger partial charge in [0.15, 0.2) is 0 Å². The number of carbonyl (C=O) groups is 2. The fraction of sp³-hybridized carbons (Fsp3) is 0.857. The van der Waals surface area contributed by atoms with E-state index < -0.39 is 0 Å². The first-order valence-electron chi connectivity index (χ1n) is 7.02. The minimum atomic E-state index is -0.341. The molecule has 1 saturated carbocycles. The van der Waals surface area contributed by atoms with Crippen LogP contribution in [0.15, 0.2) is 0 Å². The molecule has 0 aromatic heterocycles. The molecule has 2 fully saturated rings. The zero-order valence-corrected chi connectivity index (χ0v) is 11.8. The van der Waals surface area contributed by atoms with Gasteiger partial charge in [-0.2, -0.15) is 0 Å². The topological polar surface area (TPSA) is 49.4 Å². The predicted octanol–water partition coefficient (Wildman–Crippen LogP) is 1.40. The van der Waals surface area contributed by atoms with Crippen molar-refractivity contribution in [2.75, 3.05) is 6.54 Å². The van der Waals surface area contributed by atoms with Crippen molar-refractivity contribution in [1.29, 1.82) is 0 Å². The lowest BCUT2D eigenvalue weighted by molar-refractivity contribution is -0.152. The second-order valence-corrected chi connectivity index (χ2v) is 6.40. The SMILES string of the molecule is CC(C)CN1C(=O)C(C(C)C)NC(=O)C1C1CC1. The normalized spacial score (nSPS) is 29.1. The van der Waals surface area contributed by atoms with Crippen molar-refractivity contribution in [3.63, 3.8) is 0 Å². The fourth-order valence-electron chi connectivity index (χ4n) is 2.69. The van der Waals surface area contributed by atoms with Gasteiger partial charge in [-0.25, -0.2) is 0 Å². The molecule has 1 heterocycles. The Morgan fingerprint density at radius 3 is 2.28 bits per heavy atom. The number of carbonyl (C=O) groups excluding carboxylic acids is 2. The molecular weight excluding hydrogens is 228 g/mol. The van der Waals surface area contributed by atoms with E-state index in [0.717, 1.165) is 12.8 Å². The molecule has 2 aliphatic rings. The van der Waals surface area contributed by atoms with Gasteiger partial charge in [-0.1, -0.05) is 27.7 Å². The minimum Gasteiger partial charge on any atom is -0.342 e. The number of hydrogen-bond donors (Lipinski definition) is 1. The van der Waals surface area contributed by atoms with Crippen molar-refractivity contribution in [1.82, 2.24) is 10.2 Å². The van der Waals surface area contributed by atoms with E-state index in [1.165, 1.54) is 0 Å². The first-order valence-corrected chi connectivity index (χ1v) is 7.02. The van der Waals surface area contributed by atoms with E-state index in [9.17, 15) is 9.59 Å². The van der Waals surface area contributed by atoms with Crippen LogP contribution < -0.4 is 5.32 Å². The van der Waals surface area contributed by atoms with Gasteiger partial charge in [-0.05, 0) is 30.6 Å². The Balaban J connectivity index is 2.20. The van der Waals surface area contributed by atoms with Gasteiger partial charge in [0.05, 0.1) is 0 Å². The molecule has 2 rings (SSSR count). The highest BCUT2D eigenvalue weighted by atomic mass is 16.2.